The van der Waals surface area contributed by atoms with Crippen molar-refractivity contribution < 1.29 is 22.8 Å². The topological polar surface area (TPSA) is 65.5 Å². The highest BCUT2D eigenvalue weighted by Gasteiger charge is 2.43. The number of carbonyl (C=O) groups is 2. The van der Waals surface area contributed by atoms with Crippen molar-refractivity contribution in [1.29, 1.82) is 0 Å². The first-order valence-corrected chi connectivity index (χ1v) is 10.6. The van der Waals surface area contributed by atoms with Gasteiger partial charge in [-0.2, -0.15) is 13.2 Å². The number of hydrogen-bond donors (Lipinski definition) is 1. The van der Waals surface area contributed by atoms with E-state index in [2.05, 4.69) is 10.3 Å². The number of rotatable bonds is 5. The van der Waals surface area contributed by atoms with Gasteiger partial charge in [-0.3, -0.25) is 9.78 Å². The lowest BCUT2D eigenvalue weighted by Gasteiger charge is -2.21. The molecule has 32 heavy (non-hydrogen) atoms. The van der Waals surface area contributed by atoms with Crippen LogP contribution < -0.4 is 10.2 Å². The summed E-state index contributed by atoms with van der Waals surface area (Å²) in [6.07, 6.45) is 1.65. The quantitative estimate of drug-likeness (QED) is 0.416. The average molecular weight is 460 g/mol. The minimum Gasteiger partial charge on any atom is -0.388 e. The lowest BCUT2D eigenvalue weighted by molar-refractivity contribution is -0.119. The fourth-order valence-corrected chi connectivity index (χ4v) is 4.29. The lowest BCUT2D eigenvalue weighted by Crippen LogP contribution is -2.33. The number of imide groups is 1. The van der Waals surface area contributed by atoms with E-state index in [4.69, 9.17) is 0 Å². The Hall–Kier alpha value is -3.27. The fraction of sp³-hybridized carbons (Fsp3) is 0.227. The number of halogens is 3. The van der Waals surface area contributed by atoms with Gasteiger partial charge in [-0.15, -0.1) is 0 Å². The van der Waals surface area contributed by atoms with Gasteiger partial charge in [0.1, 0.15) is 6.04 Å². The molecule has 6 nitrogen and oxygen atoms in total. The zero-order valence-electron chi connectivity index (χ0n) is 17.2. The van der Waals surface area contributed by atoms with E-state index in [1.807, 2.05) is 18.2 Å². The van der Waals surface area contributed by atoms with E-state index in [1.54, 1.807) is 26.2 Å². The molecule has 0 bridgehead atoms. The molecule has 3 aromatic rings. The van der Waals surface area contributed by atoms with E-state index < -0.39 is 23.5 Å². The first-order valence-electron chi connectivity index (χ1n) is 9.74. The number of benzene rings is 2. The highest BCUT2D eigenvalue weighted by molar-refractivity contribution is 8.00. The van der Waals surface area contributed by atoms with Gasteiger partial charge in [-0.25, -0.2) is 9.69 Å². The number of thioether (sulfide) groups is 1. The number of nitrogens with zero attached hydrogens (tertiary/aromatic N) is 3. The molecular formula is C22H19F3N4O2S. The number of anilines is 2. The molecule has 3 amide bonds. The van der Waals surface area contributed by atoms with Gasteiger partial charge in [-0.1, -0.05) is 6.07 Å². The van der Waals surface area contributed by atoms with Crippen LogP contribution in [0.15, 0.2) is 59.6 Å². The summed E-state index contributed by atoms with van der Waals surface area (Å²) in [4.78, 5) is 32.8. The van der Waals surface area contributed by atoms with Gasteiger partial charge < -0.3 is 10.2 Å². The summed E-state index contributed by atoms with van der Waals surface area (Å²) in [5, 5.41) is 3.98. The molecule has 1 N–H and O–H groups in total. The normalized spacial score (nSPS) is 16.8. The molecule has 166 valence electrons. The van der Waals surface area contributed by atoms with Crippen molar-refractivity contribution in [2.75, 3.05) is 17.3 Å². The van der Waals surface area contributed by atoms with Crippen molar-refractivity contribution in [2.45, 2.75) is 29.9 Å². The van der Waals surface area contributed by atoms with Crippen molar-refractivity contribution in [2.24, 2.45) is 0 Å². The highest BCUT2D eigenvalue weighted by Crippen LogP contribution is 2.38. The Labute approximate surface area is 186 Å². The van der Waals surface area contributed by atoms with Crippen molar-refractivity contribution >= 4 is 46.0 Å². The van der Waals surface area contributed by atoms with Crippen molar-refractivity contribution in [1.82, 2.24) is 9.88 Å². The number of hydrogen-bond acceptors (Lipinski definition) is 5. The summed E-state index contributed by atoms with van der Waals surface area (Å²) in [6.45, 7) is 1.82. The number of aromatic nitrogens is 1. The number of amides is 3. The molecule has 0 radical (unpaired) electrons. The Morgan fingerprint density at radius 3 is 2.47 bits per heavy atom. The minimum atomic E-state index is -4.41. The number of alkyl halides is 3. The first-order chi connectivity index (χ1) is 15.2. The predicted octanol–water partition coefficient (Wildman–Crippen LogP) is 5.25. The van der Waals surface area contributed by atoms with E-state index in [9.17, 15) is 22.8 Å². The third kappa shape index (κ3) is 4.10. The van der Waals surface area contributed by atoms with Gasteiger partial charge in [0, 0.05) is 35.8 Å². The fourth-order valence-electron chi connectivity index (χ4n) is 3.75. The molecule has 0 saturated carbocycles. The third-order valence-corrected chi connectivity index (χ3v) is 6.01. The van der Waals surface area contributed by atoms with E-state index in [-0.39, 0.29) is 28.9 Å². The van der Waals surface area contributed by atoms with Crippen LogP contribution in [-0.2, 0) is 11.3 Å². The lowest BCUT2D eigenvalue weighted by atomic mass is 10.1. The van der Waals surface area contributed by atoms with Gasteiger partial charge in [0.2, 0.25) is 0 Å². The molecule has 10 heteroatoms. The maximum absolute atomic E-state index is 13.1. The van der Waals surface area contributed by atoms with Gasteiger partial charge in [0.25, 0.3) is 5.91 Å². The van der Waals surface area contributed by atoms with E-state index in [0.29, 0.717) is 0 Å². The zero-order chi connectivity index (χ0) is 23.0. The molecule has 1 aliphatic heterocycles. The molecule has 0 spiro atoms. The van der Waals surface area contributed by atoms with Crippen molar-refractivity contribution in [3.63, 3.8) is 0 Å². The number of urea groups is 1. The Bertz CT molecular complexity index is 1180. The van der Waals surface area contributed by atoms with Gasteiger partial charge >= 0.3 is 11.5 Å². The highest BCUT2D eigenvalue weighted by atomic mass is 32.2. The second kappa shape index (κ2) is 8.34. The molecule has 1 atom stereocenters. The Morgan fingerprint density at radius 1 is 1.09 bits per heavy atom. The zero-order valence-corrected chi connectivity index (χ0v) is 18.0. The summed E-state index contributed by atoms with van der Waals surface area (Å²) in [5.74, 6) is -0.432. The number of pyridine rings is 1. The standard InChI is InChI=1S/C22H19F3N4O2S/c1-13-20(30)29(15-6-8-16(9-7-15)32-22(23,24)25)21(31)28(13)12-14-10-11-27-18-5-3-4-17(26-2)19(14)18/h3-11,13,26H,12H2,1-2H3. The van der Waals surface area contributed by atoms with Crippen LogP contribution >= 0.6 is 11.8 Å². The monoisotopic (exact) mass is 460 g/mol. The van der Waals surface area contributed by atoms with E-state index in [0.717, 1.165) is 27.1 Å². The van der Waals surface area contributed by atoms with Gasteiger partial charge in [0.15, 0.2) is 0 Å². The molecule has 1 unspecified atom stereocenters. The van der Waals surface area contributed by atoms with Crippen molar-refractivity contribution in [3.8, 4) is 0 Å². The Balaban J connectivity index is 1.62. The molecule has 1 aliphatic rings. The van der Waals surface area contributed by atoms with Crippen LogP contribution in [0.25, 0.3) is 10.9 Å². The number of carbonyl (C=O) groups excluding carboxylic acids is 2. The van der Waals surface area contributed by atoms with Crippen LogP contribution in [0.4, 0.5) is 29.3 Å². The van der Waals surface area contributed by atoms with E-state index >= 15 is 0 Å². The first kappa shape index (κ1) is 21.9. The molecule has 2 aromatic carbocycles. The summed E-state index contributed by atoms with van der Waals surface area (Å²) in [5.41, 5.74) is -1.74. The van der Waals surface area contributed by atoms with Crippen LogP contribution in [0.1, 0.15) is 12.5 Å². The molecule has 1 fully saturated rings. The van der Waals surface area contributed by atoms with Crippen molar-refractivity contribution in [3.05, 3.63) is 60.3 Å². The molecular weight excluding hydrogens is 441 g/mol. The Morgan fingerprint density at radius 2 is 1.81 bits per heavy atom. The second-order valence-electron chi connectivity index (χ2n) is 7.22. The summed E-state index contributed by atoms with van der Waals surface area (Å²) in [6, 6.07) is 11.4. The average Bonchev–Trinajstić information content (AvgIpc) is 2.96. The Kier molecular flexibility index (Phi) is 5.72. The minimum absolute atomic E-state index is 0.0203. The third-order valence-electron chi connectivity index (χ3n) is 5.27. The van der Waals surface area contributed by atoms with Crippen LogP contribution in [0.3, 0.4) is 0 Å². The smallest absolute Gasteiger partial charge is 0.388 e. The number of nitrogens with one attached hydrogen (secondary N) is 1. The maximum atomic E-state index is 13.1. The predicted molar refractivity (Wildman–Crippen MR) is 118 cm³/mol. The van der Waals surface area contributed by atoms with Gasteiger partial charge in [-0.05, 0) is 66.7 Å². The summed E-state index contributed by atoms with van der Waals surface area (Å²) < 4.78 is 37.7. The number of fused-ring (bicyclic) bond motifs is 1. The van der Waals surface area contributed by atoms with E-state index in [1.165, 1.54) is 29.2 Å². The molecule has 0 aliphatic carbocycles. The van der Waals surface area contributed by atoms with Gasteiger partial charge in [0.05, 0.1) is 11.2 Å². The molecule has 1 saturated heterocycles. The largest absolute Gasteiger partial charge is 0.446 e. The van der Waals surface area contributed by atoms with Crippen LogP contribution in [0.2, 0.25) is 0 Å². The van der Waals surface area contributed by atoms with Crippen LogP contribution in [-0.4, -0.2) is 40.4 Å². The van der Waals surface area contributed by atoms with Crippen LogP contribution in [0.5, 0.6) is 0 Å². The molecule has 2 heterocycles. The molecule has 1 aromatic heterocycles. The van der Waals surface area contributed by atoms with Crippen LogP contribution in [0, 0.1) is 0 Å². The summed E-state index contributed by atoms with van der Waals surface area (Å²) >= 11 is -0.250. The maximum Gasteiger partial charge on any atom is 0.446 e. The SMILES string of the molecule is CNc1cccc2nccc(CN3C(=O)N(c4ccc(SC(F)(F)F)cc4)C(=O)C3C)c12. The summed E-state index contributed by atoms with van der Waals surface area (Å²) in [7, 11) is 1.79. The second-order valence-corrected chi connectivity index (χ2v) is 8.36. The molecule has 4 rings (SSSR count).